The molecule has 0 aliphatic carbocycles. The standard InChI is InChI=1S/C9H12BrNO2/c1-3-12-7-5-8(13-4-2)9(10)11-6-7/h5-6H,3-4H2,1-2H3. The average Bonchev–Trinajstić information content (AvgIpc) is 2.12. The van der Waals surface area contributed by atoms with Gasteiger partial charge in [0.25, 0.3) is 0 Å². The Kier molecular flexibility index (Phi) is 4.02. The molecule has 0 aromatic carbocycles. The van der Waals surface area contributed by atoms with Crippen LogP contribution in [-0.2, 0) is 0 Å². The highest BCUT2D eigenvalue weighted by molar-refractivity contribution is 9.10. The molecule has 72 valence electrons. The molecule has 0 radical (unpaired) electrons. The van der Waals surface area contributed by atoms with Gasteiger partial charge in [0.15, 0.2) is 5.75 Å². The van der Waals surface area contributed by atoms with Crippen LogP contribution in [0, 0.1) is 0 Å². The summed E-state index contributed by atoms with van der Waals surface area (Å²) in [6, 6.07) is 1.82. The van der Waals surface area contributed by atoms with Gasteiger partial charge in [0, 0.05) is 6.07 Å². The number of aromatic nitrogens is 1. The molecule has 3 nitrogen and oxygen atoms in total. The highest BCUT2D eigenvalue weighted by Crippen LogP contribution is 2.26. The van der Waals surface area contributed by atoms with Gasteiger partial charge in [-0.2, -0.15) is 0 Å². The zero-order chi connectivity index (χ0) is 9.68. The van der Waals surface area contributed by atoms with Crippen molar-refractivity contribution < 1.29 is 9.47 Å². The maximum atomic E-state index is 5.33. The van der Waals surface area contributed by atoms with Crippen LogP contribution in [-0.4, -0.2) is 18.2 Å². The van der Waals surface area contributed by atoms with Crippen molar-refractivity contribution in [3.63, 3.8) is 0 Å². The van der Waals surface area contributed by atoms with Crippen molar-refractivity contribution >= 4 is 15.9 Å². The molecule has 0 spiro atoms. The third-order valence-electron chi connectivity index (χ3n) is 1.39. The molecule has 0 atom stereocenters. The Hall–Kier alpha value is -0.770. The van der Waals surface area contributed by atoms with Crippen LogP contribution in [0.1, 0.15) is 13.8 Å². The van der Waals surface area contributed by atoms with Gasteiger partial charge in [0.2, 0.25) is 0 Å². The van der Waals surface area contributed by atoms with E-state index in [2.05, 4.69) is 20.9 Å². The Bertz CT molecular complexity index is 278. The summed E-state index contributed by atoms with van der Waals surface area (Å²) in [5.74, 6) is 1.45. The smallest absolute Gasteiger partial charge is 0.155 e. The van der Waals surface area contributed by atoms with E-state index >= 15 is 0 Å². The molecule has 0 bridgehead atoms. The molecule has 0 amide bonds. The van der Waals surface area contributed by atoms with Crippen molar-refractivity contribution in [2.24, 2.45) is 0 Å². The predicted octanol–water partition coefficient (Wildman–Crippen LogP) is 2.64. The van der Waals surface area contributed by atoms with Crippen LogP contribution in [0.2, 0.25) is 0 Å². The van der Waals surface area contributed by atoms with E-state index in [1.807, 2.05) is 19.9 Å². The number of ether oxygens (including phenoxy) is 2. The largest absolute Gasteiger partial charge is 0.492 e. The third kappa shape index (κ3) is 2.88. The topological polar surface area (TPSA) is 31.4 Å². The van der Waals surface area contributed by atoms with Gasteiger partial charge in [-0.05, 0) is 29.8 Å². The molecule has 1 heterocycles. The summed E-state index contributed by atoms with van der Waals surface area (Å²) < 4.78 is 11.3. The van der Waals surface area contributed by atoms with Crippen LogP contribution < -0.4 is 9.47 Å². The summed E-state index contributed by atoms with van der Waals surface area (Å²) >= 11 is 3.29. The van der Waals surface area contributed by atoms with E-state index in [1.54, 1.807) is 6.20 Å². The monoisotopic (exact) mass is 245 g/mol. The first-order valence-electron chi connectivity index (χ1n) is 4.19. The number of pyridine rings is 1. The average molecular weight is 246 g/mol. The van der Waals surface area contributed by atoms with Gasteiger partial charge in [-0.1, -0.05) is 0 Å². The van der Waals surface area contributed by atoms with Gasteiger partial charge in [-0.15, -0.1) is 0 Å². The lowest BCUT2D eigenvalue weighted by atomic mass is 10.4. The fraction of sp³-hybridized carbons (Fsp3) is 0.444. The molecule has 13 heavy (non-hydrogen) atoms. The number of hydrogen-bond acceptors (Lipinski definition) is 3. The van der Waals surface area contributed by atoms with E-state index in [0.717, 1.165) is 5.75 Å². The minimum absolute atomic E-state index is 0.621. The molecule has 0 N–H and O–H groups in total. The minimum atomic E-state index is 0.621. The zero-order valence-corrected chi connectivity index (χ0v) is 9.30. The first kappa shape index (κ1) is 10.3. The van der Waals surface area contributed by atoms with E-state index in [9.17, 15) is 0 Å². The molecular formula is C9H12BrNO2. The lowest BCUT2D eigenvalue weighted by Crippen LogP contribution is -1.97. The molecule has 0 unspecified atom stereocenters. The zero-order valence-electron chi connectivity index (χ0n) is 7.71. The molecule has 0 aliphatic rings. The van der Waals surface area contributed by atoms with Crippen LogP contribution >= 0.6 is 15.9 Å². The summed E-state index contributed by atoms with van der Waals surface area (Å²) in [4.78, 5) is 4.08. The summed E-state index contributed by atoms with van der Waals surface area (Å²) in [6.07, 6.45) is 1.66. The second-order valence-electron chi connectivity index (χ2n) is 2.33. The summed E-state index contributed by atoms with van der Waals surface area (Å²) in [5, 5.41) is 0. The van der Waals surface area contributed by atoms with Crippen LogP contribution in [0.5, 0.6) is 11.5 Å². The fourth-order valence-electron chi connectivity index (χ4n) is 0.912. The maximum Gasteiger partial charge on any atom is 0.155 e. The Morgan fingerprint density at radius 1 is 1.31 bits per heavy atom. The summed E-state index contributed by atoms with van der Waals surface area (Å²) in [7, 11) is 0. The van der Waals surface area contributed by atoms with Gasteiger partial charge in [0.1, 0.15) is 10.4 Å². The molecule has 4 heteroatoms. The first-order valence-corrected chi connectivity index (χ1v) is 4.98. The van der Waals surface area contributed by atoms with Crippen molar-refractivity contribution in [1.82, 2.24) is 4.98 Å². The second-order valence-corrected chi connectivity index (χ2v) is 3.08. The number of halogens is 1. The first-order chi connectivity index (χ1) is 6.27. The van der Waals surface area contributed by atoms with Crippen molar-refractivity contribution in [2.45, 2.75) is 13.8 Å². The van der Waals surface area contributed by atoms with Crippen molar-refractivity contribution in [1.29, 1.82) is 0 Å². The van der Waals surface area contributed by atoms with Crippen molar-refractivity contribution in [3.05, 3.63) is 16.9 Å². The Morgan fingerprint density at radius 2 is 2.00 bits per heavy atom. The van der Waals surface area contributed by atoms with Crippen LogP contribution in [0.15, 0.2) is 16.9 Å². The molecule has 0 saturated carbocycles. The summed E-state index contributed by atoms with van der Waals surface area (Å²) in [6.45, 7) is 5.12. The summed E-state index contributed by atoms with van der Waals surface area (Å²) in [5.41, 5.74) is 0. The highest BCUT2D eigenvalue weighted by Gasteiger charge is 2.03. The molecular weight excluding hydrogens is 234 g/mol. The van der Waals surface area contributed by atoms with Gasteiger partial charge >= 0.3 is 0 Å². The van der Waals surface area contributed by atoms with Gasteiger partial charge in [-0.3, -0.25) is 0 Å². The second kappa shape index (κ2) is 5.07. The molecule has 1 aromatic rings. The van der Waals surface area contributed by atoms with Gasteiger partial charge in [-0.25, -0.2) is 4.98 Å². The molecule has 0 saturated heterocycles. The SMILES string of the molecule is CCOc1cnc(Br)c(OCC)c1. The van der Waals surface area contributed by atoms with Gasteiger partial charge in [0.05, 0.1) is 19.4 Å². The maximum absolute atomic E-state index is 5.33. The van der Waals surface area contributed by atoms with E-state index in [0.29, 0.717) is 23.6 Å². The van der Waals surface area contributed by atoms with E-state index in [4.69, 9.17) is 9.47 Å². The number of nitrogens with zero attached hydrogens (tertiary/aromatic N) is 1. The quantitative estimate of drug-likeness (QED) is 0.765. The lowest BCUT2D eigenvalue weighted by molar-refractivity contribution is 0.319. The van der Waals surface area contributed by atoms with Crippen LogP contribution in [0.25, 0.3) is 0 Å². The minimum Gasteiger partial charge on any atom is -0.492 e. The van der Waals surface area contributed by atoms with E-state index < -0.39 is 0 Å². The molecule has 0 fully saturated rings. The van der Waals surface area contributed by atoms with Crippen LogP contribution in [0.3, 0.4) is 0 Å². The van der Waals surface area contributed by atoms with Crippen molar-refractivity contribution in [3.8, 4) is 11.5 Å². The predicted molar refractivity (Wildman–Crippen MR) is 54.3 cm³/mol. The van der Waals surface area contributed by atoms with Gasteiger partial charge < -0.3 is 9.47 Å². The molecule has 1 aromatic heterocycles. The third-order valence-corrected chi connectivity index (χ3v) is 1.99. The number of hydrogen-bond donors (Lipinski definition) is 0. The molecule has 0 aliphatic heterocycles. The lowest BCUT2D eigenvalue weighted by Gasteiger charge is -2.07. The van der Waals surface area contributed by atoms with E-state index in [-0.39, 0.29) is 0 Å². The normalized spacial score (nSPS) is 9.77. The number of rotatable bonds is 4. The Balaban J connectivity index is 2.83. The molecule has 1 rings (SSSR count). The fourth-order valence-corrected chi connectivity index (χ4v) is 1.24. The Labute approximate surface area is 86.2 Å². The van der Waals surface area contributed by atoms with Crippen LogP contribution in [0.4, 0.5) is 0 Å². The van der Waals surface area contributed by atoms with E-state index in [1.165, 1.54) is 0 Å². The Morgan fingerprint density at radius 3 is 2.62 bits per heavy atom. The highest BCUT2D eigenvalue weighted by atomic mass is 79.9. The van der Waals surface area contributed by atoms with Crippen molar-refractivity contribution in [2.75, 3.05) is 13.2 Å².